The van der Waals surface area contributed by atoms with E-state index < -0.39 is 0 Å². The van der Waals surface area contributed by atoms with Crippen molar-refractivity contribution in [2.24, 2.45) is 0 Å². The number of nitrogens with zero attached hydrogens (tertiary/aromatic N) is 3. The molecule has 0 radical (unpaired) electrons. The Morgan fingerprint density at radius 1 is 1.28 bits per heavy atom. The number of aromatic amines is 1. The maximum absolute atomic E-state index is 4.14. The maximum atomic E-state index is 4.14. The van der Waals surface area contributed by atoms with Crippen LogP contribution in [-0.2, 0) is 6.54 Å². The molecule has 3 rings (SSSR count). The Balaban J connectivity index is 1.77. The van der Waals surface area contributed by atoms with E-state index in [2.05, 4.69) is 26.8 Å². The van der Waals surface area contributed by atoms with Crippen molar-refractivity contribution in [1.82, 2.24) is 19.8 Å². The molecule has 1 aromatic rings. The molecule has 2 heterocycles. The Hall–Kier alpha value is -0.870. The van der Waals surface area contributed by atoms with Gasteiger partial charge in [-0.2, -0.15) is 0 Å². The Labute approximate surface area is 109 Å². The first-order chi connectivity index (χ1) is 8.78. The van der Waals surface area contributed by atoms with Gasteiger partial charge in [0.2, 0.25) is 0 Å². The topological polar surface area (TPSA) is 35.2 Å². The Kier molecular flexibility index (Phi) is 3.39. The fourth-order valence-electron chi connectivity index (χ4n) is 3.72. The normalized spacial score (nSPS) is 25.6. The number of aromatic nitrogens is 2. The smallest absolute Gasteiger partial charge is 0.0922 e. The summed E-state index contributed by atoms with van der Waals surface area (Å²) in [6, 6.07) is 0. The molecule has 1 saturated carbocycles. The van der Waals surface area contributed by atoms with E-state index in [0.29, 0.717) is 5.54 Å². The molecule has 0 atom stereocenters. The van der Waals surface area contributed by atoms with Crippen LogP contribution in [0.5, 0.6) is 0 Å². The van der Waals surface area contributed by atoms with Gasteiger partial charge >= 0.3 is 0 Å². The van der Waals surface area contributed by atoms with Crippen molar-refractivity contribution in [3.8, 4) is 0 Å². The van der Waals surface area contributed by atoms with Gasteiger partial charge in [-0.3, -0.25) is 4.90 Å². The van der Waals surface area contributed by atoms with Crippen molar-refractivity contribution >= 4 is 0 Å². The first-order valence-corrected chi connectivity index (χ1v) is 7.19. The Bertz CT molecular complexity index is 367. The van der Waals surface area contributed by atoms with Gasteiger partial charge < -0.3 is 9.88 Å². The van der Waals surface area contributed by atoms with Crippen LogP contribution in [0.3, 0.4) is 0 Å². The highest BCUT2D eigenvalue weighted by molar-refractivity contribution is 5.02. The zero-order valence-corrected chi connectivity index (χ0v) is 11.4. The first-order valence-electron chi connectivity index (χ1n) is 7.19. The summed E-state index contributed by atoms with van der Waals surface area (Å²) in [6.07, 6.45) is 10.7. The van der Waals surface area contributed by atoms with E-state index in [0.717, 1.165) is 6.54 Å². The third-order valence-corrected chi connectivity index (χ3v) is 4.69. The molecule has 1 N–H and O–H groups in total. The molecule has 1 spiro atoms. The molecule has 18 heavy (non-hydrogen) atoms. The van der Waals surface area contributed by atoms with E-state index in [1.807, 2.05) is 6.20 Å². The van der Waals surface area contributed by atoms with Crippen LogP contribution < -0.4 is 0 Å². The van der Waals surface area contributed by atoms with Crippen LogP contribution >= 0.6 is 0 Å². The van der Waals surface area contributed by atoms with Gasteiger partial charge in [0, 0.05) is 43.6 Å². The SMILES string of the molecule is CN1CCN(Cc2cnc[nH]2)C2(CCCCC2)C1. The van der Waals surface area contributed by atoms with E-state index in [4.69, 9.17) is 0 Å². The molecule has 2 aliphatic rings. The van der Waals surface area contributed by atoms with Crippen LogP contribution in [0, 0.1) is 0 Å². The van der Waals surface area contributed by atoms with Gasteiger partial charge in [-0.1, -0.05) is 19.3 Å². The van der Waals surface area contributed by atoms with Gasteiger partial charge in [0.05, 0.1) is 6.33 Å². The summed E-state index contributed by atoms with van der Waals surface area (Å²) in [5, 5.41) is 0. The van der Waals surface area contributed by atoms with Gasteiger partial charge in [-0.05, 0) is 19.9 Å². The van der Waals surface area contributed by atoms with Crippen molar-refractivity contribution in [1.29, 1.82) is 0 Å². The monoisotopic (exact) mass is 248 g/mol. The molecule has 1 saturated heterocycles. The molecule has 4 heteroatoms. The molecule has 1 aliphatic heterocycles. The van der Waals surface area contributed by atoms with Crippen LogP contribution in [0.25, 0.3) is 0 Å². The van der Waals surface area contributed by atoms with Crippen molar-refractivity contribution < 1.29 is 0 Å². The standard InChI is InChI=1S/C14H24N4/c1-17-7-8-18(10-13-9-15-12-16-13)14(11-17)5-3-2-4-6-14/h9,12H,2-8,10-11H2,1H3,(H,15,16). The average Bonchev–Trinajstić information content (AvgIpc) is 2.87. The van der Waals surface area contributed by atoms with Gasteiger partial charge in [0.25, 0.3) is 0 Å². The second kappa shape index (κ2) is 5.02. The van der Waals surface area contributed by atoms with Crippen LogP contribution in [0.1, 0.15) is 37.8 Å². The number of H-pyrrole nitrogens is 1. The second-order valence-electron chi connectivity index (χ2n) is 6.02. The van der Waals surface area contributed by atoms with Gasteiger partial charge in [-0.15, -0.1) is 0 Å². The lowest BCUT2D eigenvalue weighted by Gasteiger charge is -2.52. The summed E-state index contributed by atoms with van der Waals surface area (Å²) < 4.78 is 0. The quantitative estimate of drug-likeness (QED) is 0.867. The highest BCUT2D eigenvalue weighted by atomic mass is 15.3. The molecule has 2 fully saturated rings. The fraction of sp³-hybridized carbons (Fsp3) is 0.786. The van der Waals surface area contributed by atoms with Crippen molar-refractivity contribution in [2.45, 2.75) is 44.2 Å². The minimum absolute atomic E-state index is 0.427. The summed E-state index contributed by atoms with van der Waals surface area (Å²) >= 11 is 0. The van der Waals surface area contributed by atoms with Crippen LogP contribution in [0.15, 0.2) is 12.5 Å². The van der Waals surface area contributed by atoms with Crippen molar-refractivity contribution in [2.75, 3.05) is 26.7 Å². The van der Waals surface area contributed by atoms with Crippen LogP contribution in [0.4, 0.5) is 0 Å². The summed E-state index contributed by atoms with van der Waals surface area (Å²) in [5.41, 5.74) is 1.68. The zero-order valence-electron chi connectivity index (χ0n) is 11.4. The fourth-order valence-corrected chi connectivity index (χ4v) is 3.72. The predicted molar refractivity (Wildman–Crippen MR) is 72.3 cm³/mol. The molecule has 4 nitrogen and oxygen atoms in total. The third-order valence-electron chi connectivity index (χ3n) is 4.69. The lowest BCUT2D eigenvalue weighted by Crippen LogP contribution is -2.61. The van der Waals surface area contributed by atoms with E-state index in [1.165, 1.54) is 57.4 Å². The zero-order chi connectivity index (χ0) is 12.4. The maximum Gasteiger partial charge on any atom is 0.0922 e. The van der Waals surface area contributed by atoms with E-state index in [-0.39, 0.29) is 0 Å². The van der Waals surface area contributed by atoms with E-state index >= 15 is 0 Å². The first kappa shape index (κ1) is 12.2. The number of imidazole rings is 1. The molecular formula is C14H24N4. The highest BCUT2D eigenvalue weighted by Gasteiger charge is 2.41. The number of piperazine rings is 1. The molecule has 0 amide bonds. The van der Waals surface area contributed by atoms with Crippen molar-refractivity contribution in [3.63, 3.8) is 0 Å². The van der Waals surface area contributed by atoms with E-state index in [1.54, 1.807) is 6.33 Å². The molecule has 0 bridgehead atoms. The molecule has 1 aliphatic carbocycles. The summed E-state index contributed by atoms with van der Waals surface area (Å²) in [6.45, 7) is 4.65. The van der Waals surface area contributed by atoms with Gasteiger partial charge in [0.1, 0.15) is 0 Å². The second-order valence-corrected chi connectivity index (χ2v) is 6.02. The Morgan fingerprint density at radius 3 is 2.83 bits per heavy atom. The van der Waals surface area contributed by atoms with Crippen LogP contribution in [-0.4, -0.2) is 52.0 Å². The number of hydrogen-bond donors (Lipinski definition) is 1. The van der Waals surface area contributed by atoms with Crippen LogP contribution in [0.2, 0.25) is 0 Å². The number of nitrogens with one attached hydrogen (secondary N) is 1. The Morgan fingerprint density at radius 2 is 2.11 bits per heavy atom. The predicted octanol–water partition coefficient (Wildman–Crippen LogP) is 1.86. The third kappa shape index (κ3) is 2.31. The molecule has 100 valence electrons. The lowest BCUT2D eigenvalue weighted by molar-refractivity contribution is -0.0245. The number of rotatable bonds is 2. The molecule has 1 aromatic heterocycles. The molecular weight excluding hydrogens is 224 g/mol. The lowest BCUT2D eigenvalue weighted by atomic mass is 9.78. The van der Waals surface area contributed by atoms with Crippen molar-refractivity contribution in [3.05, 3.63) is 18.2 Å². The molecule has 0 unspecified atom stereocenters. The average molecular weight is 248 g/mol. The minimum atomic E-state index is 0.427. The summed E-state index contributed by atoms with van der Waals surface area (Å²) in [7, 11) is 2.27. The van der Waals surface area contributed by atoms with Gasteiger partial charge in [0.15, 0.2) is 0 Å². The number of hydrogen-bond acceptors (Lipinski definition) is 3. The summed E-state index contributed by atoms with van der Waals surface area (Å²) in [4.78, 5) is 12.6. The summed E-state index contributed by atoms with van der Waals surface area (Å²) in [5.74, 6) is 0. The number of likely N-dealkylation sites (N-methyl/N-ethyl adjacent to an activating group) is 1. The minimum Gasteiger partial charge on any atom is -0.347 e. The highest BCUT2D eigenvalue weighted by Crippen LogP contribution is 2.36. The van der Waals surface area contributed by atoms with E-state index in [9.17, 15) is 0 Å². The van der Waals surface area contributed by atoms with Gasteiger partial charge in [-0.25, -0.2) is 4.98 Å². The largest absolute Gasteiger partial charge is 0.347 e. The molecule has 0 aromatic carbocycles.